The van der Waals surface area contributed by atoms with E-state index in [0.29, 0.717) is 6.54 Å². The molecule has 0 aliphatic carbocycles. The first-order valence-corrected chi connectivity index (χ1v) is 9.24. The lowest BCUT2D eigenvalue weighted by molar-refractivity contribution is 0.486. The van der Waals surface area contributed by atoms with E-state index < -0.39 is 0 Å². The number of aliphatic imine (C=N–C) groups is 1. The van der Waals surface area contributed by atoms with Crippen molar-refractivity contribution in [3.8, 4) is 0 Å². The topological polar surface area (TPSA) is 40.5 Å². The standard InChI is InChI=1S/C16H24N4S2.HI/c1-5-17-16(18-11-15-12(2)19-13(3)22-15)20(4)9-8-14-7-6-10-21-14;/h6-7,10H,5,8-9,11H2,1-4H3,(H,17,18);1H. The Morgan fingerprint density at radius 3 is 2.74 bits per heavy atom. The Morgan fingerprint density at radius 2 is 2.17 bits per heavy atom. The molecule has 1 N–H and O–H groups in total. The second kappa shape index (κ2) is 10.2. The van der Waals surface area contributed by atoms with Crippen LogP contribution in [0.4, 0.5) is 0 Å². The quantitative estimate of drug-likeness (QED) is 0.398. The van der Waals surface area contributed by atoms with E-state index in [1.165, 1.54) is 9.75 Å². The Morgan fingerprint density at radius 1 is 1.39 bits per heavy atom. The van der Waals surface area contributed by atoms with Crippen molar-refractivity contribution in [2.45, 2.75) is 33.7 Å². The molecule has 128 valence electrons. The predicted octanol–water partition coefficient (Wildman–Crippen LogP) is 4.08. The molecule has 0 unspecified atom stereocenters. The van der Waals surface area contributed by atoms with E-state index >= 15 is 0 Å². The molecule has 2 heterocycles. The van der Waals surface area contributed by atoms with Crippen LogP contribution in [0.2, 0.25) is 0 Å². The molecular formula is C16H25IN4S2. The summed E-state index contributed by atoms with van der Waals surface area (Å²) >= 11 is 3.55. The number of aromatic nitrogens is 1. The number of rotatable bonds is 6. The molecule has 0 saturated carbocycles. The van der Waals surface area contributed by atoms with E-state index in [1.807, 2.05) is 18.3 Å². The molecule has 0 atom stereocenters. The molecule has 0 bridgehead atoms. The summed E-state index contributed by atoms with van der Waals surface area (Å²) in [6.45, 7) is 8.74. The van der Waals surface area contributed by atoms with Crippen molar-refractivity contribution in [3.63, 3.8) is 0 Å². The summed E-state index contributed by atoms with van der Waals surface area (Å²) in [4.78, 5) is 14.1. The van der Waals surface area contributed by atoms with Gasteiger partial charge in [-0.2, -0.15) is 0 Å². The van der Waals surface area contributed by atoms with Gasteiger partial charge in [-0.1, -0.05) is 6.07 Å². The minimum atomic E-state index is 0. The van der Waals surface area contributed by atoms with Crippen molar-refractivity contribution in [1.29, 1.82) is 0 Å². The van der Waals surface area contributed by atoms with E-state index in [2.05, 4.69) is 53.6 Å². The second-order valence-electron chi connectivity index (χ2n) is 5.16. The highest BCUT2D eigenvalue weighted by Crippen LogP contribution is 2.18. The van der Waals surface area contributed by atoms with Crippen molar-refractivity contribution >= 4 is 52.6 Å². The smallest absolute Gasteiger partial charge is 0.194 e. The summed E-state index contributed by atoms with van der Waals surface area (Å²) in [5.41, 5.74) is 1.10. The molecule has 7 heteroatoms. The number of hydrogen-bond acceptors (Lipinski definition) is 4. The molecule has 4 nitrogen and oxygen atoms in total. The van der Waals surface area contributed by atoms with Crippen LogP contribution in [0.3, 0.4) is 0 Å². The first kappa shape index (κ1) is 20.4. The van der Waals surface area contributed by atoms with Gasteiger partial charge in [0.25, 0.3) is 0 Å². The summed E-state index contributed by atoms with van der Waals surface area (Å²) in [5.74, 6) is 0.963. The van der Waals surface area contributed by atoms with Crippen LogP contribution in [0, 0.1) is 13.8 Å². The average molecular weight is 464 g/mol. The zero-order chi connectivity index (χ0) is 15.9. The maximum Gasteiger partial charge on any atom is 0.194 e. The van der Waals surface area contributed by atoms with Gasteiger partial charge in [0.1, 0.15) is 0 Å². The largest absolute Gasteiger partial charge is 0.357 e. The van der Waals surface area contributed by atoms with Gasteiger partial charge in [0.2, 0.25) is 0 Å². The van der Waals surface area contributed by atoms with Gasteiger partial charge >= 0.3 is 0 Å². The third kappa shape index (κ3) is 6.39. The van der Waals surface area contributed by atoms with Crippen LogP contribution in [0.5, 0.6) is 0 Å². The van der Waals surface area contributed by atoms with Gasteiger partial charge < -0.3 is 10.2 Å². The van der Waals surface area contributed by atoms with Crippen LogP contribution in [0.15, 0.2) is 22.5 Å². The number of thiophene rings is 1. The number of hydrogen-bond donors (Lipinski definition) is 1. The molecule has 2 aromatic rings. The lowest BCUT2D eigenvalue weighted by Gasteiger charge is -2.21. The van der Waals surface area contributed by atoms with Gasteiger partial charge in [-0.25, -0.2) is 9.98 Å². The fourth-order valence-electron chi connectivity index (χ4n) is 2.18. The molecule has 0 spiro atoms. The molecule has 0 aliphatic rings. The zero-order valence-electron chi connectivity index (χ0n) is 14.1. The molecule has 2 aromatic heterocycles. The zero-order valence-corrected chi connectivity index (χ0v) is 18.1. The minimum absolute atomic E-state index is 0. The maximum absolute atomic E-state index is 4.76. The third-order valence-corrected chi connectivity index (χ3v) is 5.34. The summed E-state index contributed by atoms with van der Waals surface area (Å²) in [5, 5.41) is 6.61. The lowest BCUT2D eigenvalue weighted by Crippen LogP contribution is -2.39. The number of nitrogens with one attached hydrogen (secondary N) is 1. The fraction of sp³-hybridized carbons (Fsp3) is 0.500. The molecule has 23 heavy (non-hydrogen) atoms. The normalized spacial score (nSPS) is 11.2. The van der Waals surface area contributed by atoms with Gasteiger partial charge in [-0.05, 0) is 38.6 Å². The van der Waals surface area contributed by atoms with Gasteiger partial charge in [0.15, 0.2) is 5.96 Å². The van der Waals surface area contributed by atoms with Gasteiger partial charge in [0, 0.05) is 29.9 Å². The molecule has 0 aromatic carbocycles. The number of likely N-dealkylation sites (N-methyl/N-ethyl adjacent to an activating group) is 1. The molecule has 0 fully saturated rings. The summed E-state index contributed by atoms with van der Waals surface area (Å²) in [6, 6.07) is 4.29. The lowest BCUT2D eigenvalue weighted by atomic mass is 10.3. The highest BCUT2D eigenvalue weighted by Gasteiger charge is 2.08. The fourth-order valence-corrected chi connectivity index (χ4v) is 3.73. The molecular weight excluding hydrogens is 439 g/mol. The Bertz CT molecular complexity index is 608. The summed E-state index contributed by atoms with van der Waals surface area (Å²) < 4.78 is 0. The Kier molecular flexibility index (Phi) is 9.08. The van der Waals surface area contributed by atoms with Crippen molar-refractivity contribution in [3.05, 3.63) is 38.0 Å². The predicted molar refractivity (Wildman–Crippen MR) is 112 cm³/mol. The first-order valence-electron chi connectivity index (χ1n) is 7.55. The van der Waals surface area contributed by atoms with Crippen molar-refractivity contribution < 1.29 is 0 Å². The number of guanidine groups is 1. The number of nitrogens with zero attached hydrogens (tertiary/aromatic N) is 3. The number of halogens is 1. The van der Waals surface area contributed by atoms with Crippen molar-refractivity contribution in [2.75, 3.05) is 20.1 Å². The molecule has 0 aliphatic heterocycles. The molecule has 0 radical (unpaired) electrons. The van der Waals surface area contributed by atoms with Gasteiger partial charge in [-0.15, -0.1) is 46.7 Å². The monoisotopic (exact) mass is 464 g/mol. The van der Waals surface area contributed by atoms with Crippen LogP contribution >= 0.6 is 46.7 Å². The summed E-state index contributed by atoms with van der Waals surface area (Å²) in [7, 11) is 2.10. The van der Waals surface area contributed by atoms with Crippen LogP contribution in [0.1, 0.15) is 27.4 Å². The Balaban J connectivity index is 0.00000264. The molecule has 2 rings (SSSR count). The maximum atomic E-state index is 4.76. The van der Waals surface area contributed by atoms with Crippen molar-refractivity contribution in [2.24, 2.45) is 4.99 Å². The van der Waals surface area contributed by atoms with Crippen LogP contribution in [-0.4, -0.2) is 36.0 Å². The van der Waals surface area contributed by atoms with E-state index in [-0.39, 0.29) is 24.0 Å². The SMILES string of the molecule is CCNC(=NCc1sc(C)nc1C)N(C)CCc1cccs1.I. The highest BCUT2D eigenvalue weighted by molar-refractivity contribution is 14.0. The van der Waals surface area contributed by atoms with Gasteiger partial charge in [-0.3, -0.25) is 0 Å². The third-order valence-electron chi connectivity index (χ3n) is 3.34. The Hall–Kier alpha value is -0.670. The number of aryl methyl sites for hydroxylation is 2. The molecule has 0 amide bonds. The number of thiazole rings is 1. The van der Waals surface area contributed by atoms with E-state index in [4.69, 9.17) is 4.99 Å². The van der Waals surface area contributed by atoms with Gasteiger partial charge in [0.05, 0.1) is 17.2 Å². The van der Waals surface area contributed by atoms with E-state index in [1.54, 1.807) is 11.3 Å². The van der Waals surface area contributed by atoms with Crippen LogP contribution in [-0.2, 0) is 13.0 Å². The minimum Gasteiger partial charge on any atom is -0.357 e. The van der Waals surface area contributed by atoms with Crippen LogP contribution in [0.25, 0.3) is 0 Å². The second-order valence-corrected chi connectivity index (χ2v) is 7.48. The molecule has 0 saturated heterocycles. The van der Waals surface area contributed by atoms with E-state index in [0.717, 1.165) is 36.2 Å². The van der Waals surface area contributed by atoms with E-state index in [9.17, 15) is 0 Å². The Labute approximate surface area is 164 Å². The van der Waals surface area contributed by atoms with Crippen molar-refractivity contribution in [1.82, 2.24) is 15.2 Å². The first-order chi connectivity index (χ1) is 10.6. The average Bonchev–Trinajstić information content (AvgIpc) is 3.10. The summed E-state index contributed by atoms with van der Waals surface area (Å²) in [6.07, 6.45) is 1.05. The highest BCUT2D eigenvalue weighted by atomic mass is 127. The van der Waals surface area contributed by atoms with Crippen LogP contribution < -0.4 is 5.32 Å².